The average molecular weight is 169 g/mol. The molecular weight excluding hydrogens is 150 g/mol. The number of hydrogen-bond donors (Lipinski definition) is 1. The van der Waals surface area contributed by atoms with Gasteiger partial charge in [-0.2, -0.15) is 0 Å². The van der Waals surface area contributed by atoms with Crippen molar-refractivity contribution >= 4 is 5.91 Å². The lowest BCUT2D eigenvalue weighted by atomic mass is 9.79. The van der Waals surface area contributed by atoms with E-state index in [4.69, 9.17) is 5.73 Å². The zero-order valence-corrected chi connectivity index (χ0v) is 7.88. The van der Waals surface area contributed by atoms with Gasteiger partial charge in [0.15, 0.2) is 0 Å². The summed E-state index contributed by atoms with van der Waals surface area (Å²) in [6.45, 7) is 2.15. The van der Waals surface area contributed by atoms with Crippen molar-refractivity contribution in [2.75, 3.05) is 0 Å². The van der Waals surface area contributed by atoms with E-state index >= 15 is 0 Å². The third-order valence-electron chi connectivity index (χ3n) is 2.98. The summed E-state index contributed by atoms with van der Waals surface area (Å²) in [4.78, 5) is 10.7. The molecule has 2 nitrogen and oxygen atoms in total. The topological polar surface area (TPSA) is 43.1 Å². The number of nitrogens with two attached hydrogens (primary N) is 1. The molecule has 70 valence electrons. The summed E-state index contributed by atoms with van der Waals surface area (Å²) in [6, 6.07) is 0. The molecule has 0 unspecified atom stereocenters. The van der Waals surface area contributed by atoms with Crippen LogP contribution in [-0.2, 0) is 4.79 Å². The van der Waals surface area contributed by atoms with E-state index in [1.807, 2.05) is 0 Å². The van der Waals surface area contributed by atoms with Crippen molar-refractivity contribution in [2.24, 2.45) is 17.6 Å². The fourth-order valence-electron chi connectivity index (χ4n) is 2.19. The Morgan fingerprint density at radius 2 is 2.00 bits per heavy atom. The van der Waals surface area contributed by atoms with Crippen LogP contribution >= 0.6 is 0 Å². The van der Waals surface area contributed by atoms with Crippen molar-refractivity contribution in [3.05, 3.63) is 0 Å². The molecule has 0 aromatic heterocycles. The van der Waals surface area contributed by atoms with Gasteiger partial charge in [-0.3, -0.25) is 4.79 Å². The molecule has 0 aromatic rings. The van der Waals surface area contributed by atoms with Crippen LogP contribution in [0.1, 0.15) is 45.4 Å². The Labute approximate surface area is 74.5 Å². The Hall–Kier alpha value is -0.530. The number of hydrogen-bond acceptors (Lipinski definition) is 1. The molecule has 0 radical (unpaired) electrons. The van der Waals surface area contributed by atoms with Crippen molar-refractivity contribution < 1.29 is 4.79 Å². The lowest BCUT2D eigenvalue weighted by molar-refractivity contribution is -0.119. The minimum Gasteiger partial charge on any atom is -0.370 e. The van der Waals surface area contributed by atoms with E-state index in [0.717, 1.165) is 5.92 Å². The summed E-state index contributed by atoms with van der Waals surface area (Å²) in [6.07, 6.45) is 7.23. The second kappa shape index (κ2) is 4.48. The molecule has 0 spiro atoms. The molecule has 1 saturated carbocycles. The first-order valence-electron chi connectivity index (χ1n) is 4.98. The normalized spacial score (nSPS) is 22.1. The molecule has 1 fully saturated rings. The lowest BCUT2D eigenvalue weighted by Crippen LogP contribution is -2.22. The molecular formula is C10H19NO. The van der Waals surface area contributed by atoms with Gasteiger partial charge in [0.25, 0.3) is 0 Å². The lowest BCUT2D eigenvalue weighted by Gasteiger charge is -2.26. The van der Waals surface area contributed by atoms with E-state index in [1.165, 1.54) is 32.1 Å². The number of carbonyl (C=O) groups excluding carboxylic acids is 1. The third kappa shape index (κ3) is 2.84. The zero-order chi connectivity index (χ0) is 8.97. The third-order valence-corrected chi connectivity index (χ3v) is 2.98. The number of rotatable bonds is 3. The van der Waals surface area contributed by atoms with Gasteiger partial charge >= 0.3 is 0 Å². The van der Waals surface area contributed by atoms with Crippen molar-refractivity contribution in [1.29, 1.82) is 0 Å². The van der Waals surface area contributed by atoms with E-state index in [1.54, 1.807) is 0 Å². The van der Waals surface area contributed by atoms with Gasteiger partial charge in [-0.1, -0.05) is 39.0 Å². The largest absolute Gasteiger partial charge is 0.370 e. The molecule has 2 heteroatoms. The summed E-state index contributed by atoms with van der Waals surface area (Å²) in [5.74, 6) is 1.11. The monoisotopic (exact) mass is 169 g/mol. The van der Waals surface area contributed by atoms with Gasteiger partial charge in [0, 0.05) is 6.42 Å². The standard InChI is InChI=1S/C10H19NO/c1-8(7-10(11)12)9-5-3-2-4-6-9/h8-9H,2-7H2,1H3,(H2,11,12)/t8-/m1/s1. The van der Waals surface area contributed by atoms with Gasteiger partial charge < -0.3 is 5.73 Å². The summed E-state index contributed by atoms with van der Waals surface area (Å²) in [5.41, 5.74) is 5.16. The van der Waals surface area contributed by atoms with Crippen molar-refractivity contribution in [3.8, 4) is 0 Å². The summed E-state index contributed by atoms with van der Waals surface area (Å²) in [5, 5.41) is 0. The van der Waals surface area contributed by atoms with E-state index in [-0.39, 0.29) is 5.91 Å². The highest BCUT2D eigenvalue weighted by Crippen LogP contribution is 2.31. The van der Waals surface area contributed by atoms with Gasteiger partial charge in [-0.15, -0.1) is 0 Å². The predicted molar refractivity (Wildman–Crippen MR) is 49.6 cm³/mol. The Morgan fingerprint density at radius 3 is 2.50 bits per heavy atom. The van der Waals surface area contributed by atoms with Crippen molar-refractivity contribution in [3.63, 3.8) is 0 Å². The Morgan fingerprint density at radius 1 is 1.42 bits per heavy atom. The van der Waals surface area contributed by atoms with Crippen LogP contribution in [0.15, 0.2) is 0 Å². The number of amides is 1. The van der Waals surface area contributed by atoms with Gasteiger partial charge in [-0.05, 0) is 11.8 Å². The first-order valence-corrected chi connectivity index (χ1v) is 4.98. The molecule has 1 aliphatic rings. The molecule has 0 aromatic carbocycles. The minimum absolute atomic E-state index is 0.145. The number of carbonyl (C=O) groups is 1. The van der Waals surface area contributed by atoms with Crippen LogP contribution in [0.25, 0.3) is 0 Å². The van der Waals surface area contributed by atoms with Crippen LogP contribution < -0.4 is 5.73 Å². The van der Waals surface area contributed by atoms with Crippen molar-refractivity contribution in [2.45, 2.75) is 45.4 Å². The second-order valence-electron chi connectivity index (χ2n) is 4.05. The SMILES string of the molecule is C[C@H](CC(N)=O)C1CCCCC1. The smallest absolute Gasteiger partial charge is 0.217 e. The first kappa shape index (κ1) is 9.56. The van der Waals surface area contributed by atoms with Crippen LogP contribution in [0.5, 0.6) is 0 Å². The maximum absolute atomic E-state index is 10.7. The van der Waals surface area contributed by atoms with Crippen LogP contribution in [0, 0.1) is 11.8 Å². The summed E-state index contributed by atoms with van der Waals surface area (Å²) in [7, 11) is 0. The van der Waals surface area contributed by atoms with Crippen LogP contribution in [0.3, 0.4) is 0 Å². The van der Waals surface area contributed by atoms with Crippen LogP contribution in [-0.4, -0.2) is 5.91 Å². The van der Waals surface area contributed by atoms with Crippen LogP contribution in [0.2, 0.25) is 0 Å². The Balaban J connectivity index is 2.29. The highest BCUT2D eigenvalue weighted by molar-refractivity contribution is 5.73. The fourth-order valence-corrected chi connectivity index (χ4v) is 2.19. The van der Waals surface area contributed by atoms with E-state index in [2.05, 4.69) is 6.92 Å². The van der Waals surface area contributed by atoms with Gasteiger partial charge in [0.05, 0.1) is 0 Å². The van der Waals surface area contributed by atoms with E-state index < -0.39 is 0 Å². The first-order chi connectivity index (χ1) is 5.70. The van der Waals surface area contributed by atoms with Gasteiger partial charge in [0.1, 0.15) is 0 Å². The van der Waals surface area contributed by atoms with Gasteiger partial charge in [0.2, 0.25) is 5.91 Å². The molecule has 0 aliphatic heterocycles. The Kier molecular flexibility index (Phi) is 3.57. The maximum Gasteiger partial charge on any atom is 0.217 e. The molecule has 0 saturated heterocycles. The molecule has 1 rings (SSSR count). The summed E-state index contributed by atoms with van der Waals surface area (Å²) >= 11 is 0. The van der Waals surface area contributed by atoms with Crippen molar-refractivity contribution in [1.82, 2.24) is 0 Å². The molecule has 2 N–H and O–H groups in total. The second-order valence-corrected chi connectivity index (χ2v) is 4.05. The predicted octanol–water partition coefficient (Wildman–Crippen LogP) is 2.08. The summed E-state index contributed by atoms with van der Waals surface area (Å²) < 4.78 is 0. The zero-order valence-electron chi connectivity index (χ0n) is 7.88. The van der Waals surface area contributed by atoms with E-state index in [0.29, 0.717) is 12.3 Å². The van der Waals surface area contributed by atoms with Gasteiger partial charge in [-0.25, -0.2) is 0 Å². The maximum atomic E-state index is 10.7. The van der Waals surface area contributed by atoms with E-state index in [9.17, 15) is 4.79 Å². The quantitative estimate of drug-likeness (QED) is 0.690. The molecule has 0 heterocycles. The minimum atomic E-state index is -0.145. The average Bonchev–Trinajstić information content (AvgIpc) is 2.05. The fraction of sp³-hybridized carbons (Fsp3) is 0.900. The highest BCUT2D eigenvalue weighted by Gasteiger charge is 2.20. The van der Waals surface area contributed by atoms with Crippen LogP contribution in [0.4, 0.5) is 0 Å². The number of primary amides is 1. The Bertz CT molecular complexity index is 150. The molecule has 1 amide bonds. The molecule has 12 heavy (non-hydrogen) atoms. The molecule has 1 aliphatic carbocycles. The molecule has 0 bridgehead atoms. The molecule has 1 atom stereocenters. The highest BCUT2D eigenvalue weighted by atomic mass is 16.1.